The third-order valence-electron chi connectivity index (χ3n) is 3.58. The number of hydrogen-bond acceptors (Lipinski definition) is 4. The number of rotatable bonds is 7. The van der Waals surface area contributed by atoms with Crippen LogP contribution in [0.15, 0.2) is 0 Å². The molecule has 1 heterocycles. The first-order valence-electron chi connectivity index (χ1n) is 6.78. The molecule has 2 N–H and O–H groups in total. The quantitative estimate of drug-likeness (QED) is 0.711. The second-order valence-electron chi connectivity index (χ2n) is 5.26. The van der Waals surface area contributed by atoms with Gasteiger partial charge in [-0.25, -0.2) is 0 Å². The van der Waals surface area contributed by atoms with E-state index in [-0.39, 0.29) is 6.10 Å². The Hall–Kier alpha value is -0.650. The van der Waals surface area contributed by atoms with Crippen molar-refractivity contribution in [1.82, 2.24) is 10.2 Å². The maximum Gasteiger partial charge on any atom is 0.324 e. The second kappa shape index (κ2) is 7.07. The molecule has 2 atom stereocenters. The highest BCUT2D eigenvalue weighted by Crippen LogP contribution is 2.16. The molecule has 0 saturated carbocycles. The monoisotopic (exact) mass is 258 g/mol. The molecule has 106 valence electrons. The summed E-state index contributed by atoms with van der Waals surface area (Å²) in [5, 5.41) is 12.2. The highest BCUT2D eigenvalue weighted by molar-refractivity contribution is 5.78. The van der Waals surface area contributed by atoms with Crippen molar-refractivity contribution in [3.05, 3.63) is 0 Å². The smallest absolute Gasteiger partial charge is 0.324 e. The van der Waals surface area contributed by atoms with E-state index in [0.29, 0.717) is 6.54 Å². The lowest BCUT2D eigenvalue weighted by molar-refractivity contribution is -0.145. The maximum absolute atomic E-state index is 11.3. The number of likely N-dealkylation sites (tertiary alicyclic amines) is 1. The zero-order chi connectivity index (χ0) is 13.6. The molecule has 0 spiro atoms. The molecule has 1 fully saturated rings. The van der Waals surface area contributed by atoms with Gasteiger partial charge in [0, 0.05) is 19.7 Å². The molecule has 18 heavy (non-hydrogen) atoms. The van der Waals surface area contributed by atoms with Gasteiger partial charge in [0.25, 0.3) is 0 Å². The largest absolute Gasteiger partial charge is 0.480 e. The molecule has 2 unspecified atom stereocenters. The van der Waals surface area contributed by atoms with Crippen molar-refractivity contribution in [3.63, 3.8) is 0 Å². The Bertz CT molecular complexity index is 273. The summed E-state index contributed by atoms with van der Waals surface area (Å²) in [6.07, 6.45) is 3.45. The van der Waals surface area contributed by atoms with Crippen LogP contribution >= 0.6 is 0 Å². The van der Waals surface area contributed by atoms with Crippen molar-refractivity contribution in [3.8, 4) is 0 Å². The fourth-order valence-corrected chi connectivity index (χ4v) is 2.28. The first kappa shape index (κ1) is 15.4. The number of nitrogens with one attached hydrogen (secondary N) is 1. The zero-order valence-corrected chi connectivity index (χ0v) is 11.7. The molecule has 1 aliphatic heterocycles. The van der Waals surface area contributed by atoms with Gasteiger partial charge in [-0.15, -0.1) is 0 Å². The summed E-state index contributed by atoms with van der Waals surface area (Å²) in [4.78, 5) is 13.4. The number of likely N-dealkylation sites (N-methyl/N-ethyl adjacent to an activating group) is 1. The normalized spacial score (nSPS) is 24.7. The number of nitrogens with zero attached hydrogens (tertiary/aromatic N) is 1. The minimum Gasteiger partial charge on any atom is -0.480 e. The molecule has 0 radical (unpaired) electrons. The molecule has 0 aromatic heterocycles. The lowest BCUT2D eigenvalue weighted by Crippen LogP contribution is -2.57. The fourth-order valence-electron chi connectivity index (χ4n) is 2.28. The van der Waals surface area contributed by atoms with Crippen LogP contribution in [0.2, 0.25) is 0 Å². The Balaban J connectivity index is 2.48. The van der Waals surface area contributed by atoms with Gasteiger partial charge >= 0.3 is 5.97 Å². The molecule has 0 aliphatic carbocycles. The van der Waals surface area contributed by atoms with Gasteiger partial charge in [-0.3, -0.25) is 9.69 Å². The van der Waals surface area contributed by atoms with Gasteiger partial charge in [0.1, 0.15) is 5.54 Å². The van der Waals surface area contributed by atoms with Crippen molar-refractivity contribution in [2.24, 2.45) is 0 Å². The number of aliphatic carboxylic acids is 1. The Morgan fingerprint density at radius 1 is 1.61 bits per heavy atom. The summed E-state index contributed by atoms with van der Waals surface area (Å²) in [6, 6.07) is 0. The third-order valence-corrected chi connectivity index (χ3v) is 3.58. The van der Waals surface area contributed by atoms with Crippen LogP contribution in [-0.4, -0.2) is 60.9 Å². The van der Waals surface area contributed by atoms with E-state index in [9.17, 15) is 9.90 Å². The standard InChI is InChI=1S/C13H26N2O3/c1-4-8-18-11-6-5-7-15(9-11)10-13(2,14-3)12(16)17/h11,14H,4-10H2,1-3H3,(H,16,17). The molecule has 0 bridgehead atoms. The Kier molecular flexibility index (Phi) is 6.05. The van der Waals surface area contributed by atoms with Gasteiger partial charge in [-0.05, 0) is 39.8 Å². The van der Waals surface area contributed by atoms with Crippen LogP contribution in [0.5, 0.6) is 0 Å². The van der Waals surface area contributed by atoms with Crippen LogP contribution in [-0.2, 0) is 9.53 Å². The van der Waals surface area contributed by atoms with Crippen LogP contribution in [0.4, 0.5) is 0 Å². The highest BCUT2D eigenvalue weighted by atomic mass is 16.5. The Labute approximate surface area is 109 Å². The highest BCUT2D eigenvalue weighted by Gasteiger charge is 2.34. The second-order valence-corrected chi connectivity index (χ2v) is 5.26. The molecule has 5 heteroatoms. The summed E-state index contributed by atoms with van der Waals surface area (Å²) in [5.41, 5.74) is -0.882. The van der Waals surface area contributed by atoms with Crippen LogP contribution in [0.1, 0.15) is 33.1 Å². The number of carbonyl (C=O) groups is 1. The van der Waals surface area contributed by atoms with Gasteiger partial charge in [0.2, 0.25) is 0 Å². The van der Waals surface area contributed by atoms with Gasteiger partial charge < -0.3 is 15.2 Å². The lowest BCUT2D eigenvalue weighted by Gasteiger charge is -2.37. The summed E-state index contributed by atoms with van der Waals surface area (Å²) in [5.74, 6) is -0.804. The lowest BCUT2D eigenvalue weighted by atomic mass is 9.99. The minimum absolute atomic E-state index is 0.258. The first-order valence-corrected chi connectivity index (χ1v) is 6.78. The molecular formula is C13H26N2O3. The third kappa shape index (κ3) is 4.23. The van der Waals surface area contributed by atoms with Crippen LogP contribution < -0.4 is 5.32 Å². The van der Waals surface area contributed by atoms with E-state index in [1.165, 1.54) is 0 Å². The van der Waals surface area contributed by atoms with E-state index in [1.54, 1.807) is 14.0 Å². The predicted molar refractivity (Wildman–Crippen MR) is 70.8 cm³/mol. The number of ether oxygens (including phenoxy) is 1. The number of piperidine rings is 1. The molecule has 1 rings (SSSR count). The molecular weight excluding hydrogens is 232 g/mol. The number of carboxylic acid groups (broad SMARTS) is 1. The van der Waals surface area contributed by atoms with Crippen molar-refractivity contribution in [1.29, 1.82) is 0 Å². The minimum atomic E-state index is -0.882. The summed E-state index contributed by atoms with van der Waals surface area (Å²) < 4.78 is 5.76. The molecule has 1 aliphatic rings. The summed E-state index contributed by atoms with van der Waals surface area (Å²) in [6.45, 7) is 6.93. The molecule has 1 saturated heterocycles. The molecule has 0 amide bonds. The van der Waals surface area contributed by atoms with E-state index in [4.69, 9.17) is 4.74 Å². The van der Waals surface area contributed by atoms with Gasteiger partial charge in [0.15, 0.2) is 0 Å². The van der Waals surface area contributed by atoms with Gasteiger partial charge in [-0.2, -0.15) is 0 Å². The van der Waals surface area contributed by atoms with E-state index in [0.717, 1.165) is 39.0 Å². The van der Waals surface area contributed by atoms with Crippen LogP contribution in [0, 0.1) is 0 Å². The predicted octanol–water partition coefficient (Wildman–Crippen LogP) is 0.940. The van der Waals surface area contributed by atoms with E-state index >= 15 is 0 Å². The molecule has 0 aromatic rings. The first-order chi connectivity index (χ1) is 8.51. The van der Waals surface area contributed by atoms with Gasteiger partial charge in [0.05, 0.1) is 6.10 Å². The van der Waals surface area contributed by atoms with Crippen molar-refractivity contribution in [2.75, 3.05) is 33.3 Å². The van der Waals surface area contributed by atoms with Crippen molar-refractivity contribution >= 4 is 5.97 Å². The number of carboxylic acids is 1. The maximum atomic E-state index is 11.3. The topological polar surface area (TPSA) is 61.8 Å². The van der Waals surface area contributed by atoms with E-state index in [2.05, 4.69) is 17.1 Å². The average molecular weight is 258 g/mol. The van der Waals surface area contributed by atoms with Crippen molar-refractivity contribution in [2.45, 2.75) is 44.8 Å². The number of hydrogen-bond donors (Lipinski definition) is 2. The molecule has 5 nitrogen and oxygen atoms in total. The summed E-state index contributed by atoms with van der Waals surface area (Å²) >= 11 is 0. The summed E-state index contributed by atoms with van der Waals surface area (Å²) in [7, 11) is 1.70. The fraction of sp³-hybridized carbons (Fsp3) is 0.923. The zero-order valence-electron chi connectivity index (χ0n) is 11.7. The molecule has 0 aromatic carbocycles. The van der Waals surface area contributed by atoms with Crippen LogP contribution in [0.25, 0.3) is 0 Å². The SMILES string of the molecule is CCCOC1CCCN(CC(C)(NC)C(=O)O)C1. The average Bonchev–Trinajstić information content (AvgIpc) is 2.36. The van der Waals surface area contributed by atoms with Crippen LogP contribution in [0.3, 0.4) is 0 Å². The van der Waals surface area contributed by atoms with E-state index < -0.39 is 11.5 Å². The Morgan fingerprint density at radius 2 is 2.33 bits per heavy atom. The van der Waals surface area contributed by atoms with E-state index in [1.807, 2.05) is 0 Å². The van der Waals surface area contributed by atoms with Gasteiger partial charge in [-0.1, -0.05) is 6.92 Å². The Morgan fingerprint density at radius 3 is 2.89 bits per heavy atom. The van der Waals surface area contributed by atoms with Crippen molar-refractivity contribution < 1.29 is 14.6 Å².